The third-order valence-corrected chi connectivity index (χ3v) is 5.59. The van der Waals surface area contributed by atoms with Crippen LogP contribution in [0.25, 0.3) is 0 Å². The van der Waals surface area contributed by atoms with Crippen LogP contribution < -0.4 is 5.32 Å². The van der Waals surface area contributed by atoms with Crippen molar-refractivity contribution in [2.45, 2.75) is 11.7 Å². The van der Waals surface area contributed by atoms with Crippen molar-refractivity contribution in [1.82, 2.24) is 4.90 Å². The van der Waals surface area contributed by atoms with Gasteiger partial charge < -0.3 is 10.2 Å². The highest BCUT2D eigenvalue weighted by molar-refractivity contribution is 7.99. The van der Waals surface area contributed by atoms with Crippen LogP contribution in [-0.4, -0.2) is 29.8 Å². The van der Waals surface area contributed by atoms with E-state index in [1.165, 1.54) is 6.07 Å². The van der Waals surface area contributed by atoms with Gasteiger partial charge in [0.1, 0.15) is 11.6 Å². The van der Waals surface area contributed by atoms with Crippen LogP contribution >= 0.6 is 23.4 Å². The first-order chi connectivity index (χ1) is 12.0. The number of carbonyl (C=O) groups excluding carboxylic acids is 1. The molecule has 1 aliphatic rings. The number of thioether (sulfide) groups is 1. The van der Waals surface area contributed by atoms with E-state index in [1.807, 2.05) is 0 Å². The molecular formula is C18H17ClF2N2OS. The van der Waals surface area contributed by atoms with Crippen molar-refractivity contribution in [3.63, 3.8) is 0 Å². The van der Waals surface area contributed by atoms with Gasteiger partial charge in [0.05, 0.1) is 0 Å². The van der Waals surface area contributed by atoms with E-state index in [9.17, 15) is 13.6 Å². The number of rotatable bonds is 2. The molecule has 2 aromatic carbocycles. The lowest BCUT2D eigenvalue weighted by atomic mass is 10.1. The van der Waals surface area contributed by atoms with Crippen molar-refractivity contribution < 1.29 is 13.6 Å². The lowest BCUT2D eigenvalue weighted by molar-refractivity contribution is 0.215. The van der Waals surface area contributed by atoms with E-state index in [-0.39, 0.29) is 11.3 Å². The molecule has 0 aliphatic carbocycles. The molecule has 1 fully saturated rings. The van der Waals surface area contributed by atoms with Gasteiger partial charge in [0.25, 0.3) is 0 Å². The second-order valence-corrected chi connectivity index (χ2v) is 7.49. The molecule has 1 atom stereocenters. The Morgan fingerprint density at radius 1 is 1.16 bits per heavy atom. The average molecular weight is 383 g/mol. The van der Waals surface area contributed by atoms with Gasteiger partial charge in [0.2, 0.25) is 0 Å². The monoisotopic (exact) mass is 382 g/mol. The Bertz CT molecular complexity index is 757. The summed E-state index contributed by atoms with van der Waals surface area (Å²) < 4.78 is 27.4. The maximum absolute atomic E-state index is 14.0. The van der Waals surface area contributed by atoms with Crippen molar-refractivity contribution in [3.8, 4) is 0 Å². The Labute approximate surface area is 154 Å². The molecule has 1 aliphatic heterocycles. The van der Waals surface area contributed by atoms with E-state index in [0.29, 0.717) is 41.5 Å². The third-order valence-electron chi connectivity index (χ3n) is 4.03. The smallest absolute Gasteiger partial charge is 0.321 e. The Kier molecular flexibility index (Phi) is 5.81. The highest BCUT2D eigenvalue weighted by Crippen LogP contribution is 2.36. The number of amides is 2. The van der Waals surface area contributed by atoms with Gasteiger partial charge >= 0.3 is 6.03 Å². The molecule has 1 unspecified atom stereocenters. The maximum atomic E-state index is 14.0. The topological polar surface area (TPSA) is 32.3 Å². The SMILES string of the molecule is O=C(Nc1ccc(Cl)cc1)N1CCSC(c2cc(F)ccc2F)CC1. The molecule has 2 aromatic rings. The molecule has 3 nitrogen and oxygen atoms in total. The number of urea groups is 1. The summed E-state index contributed by atoms with van der Waals surface area (Å²) in [5.74, 6) is -0.189. The summed E-state index contributed by atoms with van der Waals surface area (Å²) >= 11 is 7.38. The van der Waals surface area contributed by atoms with Crippen LogP contribution in [0.1, 0.15) is 17.2 Å². The maximum Gasteiger partial charge on any atom is 0.321 e. The van der Waals surface area contributed by atoms with E-state index < -0.39 is 11.6 Å². The van der Waals surface area contributed by atoms with Crippen LogP contribution in [-0.2, 0) is 0 Å². The minimum Gasteiger partial charge on any atom is -0.324 e. The molecule has 25 heavy (non-hydrogen) atoms. The molecule has 1 N–H and O–H groups in total. The first-order valence-electron chi connectivity index (χ1n) is 7.91. The van der Waals surface area contributed by atoms with E-state index in [0.717, 1.165) is 12.1 Å². The normalized spacial score (nSPS) is 17.9. The van der Waals surface area contributed by atoms with Crippen LogP contribution in [0.2, 0.25) is 5.02 Å². The Morgan fingerprint density at radius 3 is 2.68 bits per heavy atom. The second-order valence-electron chi connectivity index (χ2n) is 5.74. The molecule has 0 saturated carbocycles. The highest BCUT2D eigenvalue weighted by Gasteiger charge is 2.24. The van der Waals surface area contributed by atoms with Gasteiger partial charge in [-0.15, -0.1) is 0 Å². The number of hydrogen-bond donors (Lipinski definition) is 1. The standard InChI is InChI=1S/C18H17ClF2N2OS/c19-12-1-4-14(5-2-12)22-18(24)23-8-7-17(25-10-9-23)15-11-13(20)3-6-16(15)21/h1-6,11,17H,7-10H2,(H,22,24). The predicted molar refractivity (Wildman–Crippen MR) is 98.2 cm³/mol. The van der Waals surface area contributed by atoms with Gasteiger partial charge in [-0.2, -0.15) is 11.8 Å². The molecule has 3 rings (SSSR count). The van der Waals surface area contributed by atoms with E-state index in [2.05, 4.69) is 5.32 Å². The van der Waals surface area contributed by atoms with Gasteiger partial charge in [0, 0.05) is 40.4 Å². The average Bonchev–Trinajstić information content (AvgIpc) is 2.85. The lowest BCUT2D eigenvalue weighted by Gasteiger charge is -2.21. The van der Waals surface area contributed by atoms with Gasteiger partial charge in [0.15, 0.2) is 0 Å². The predicted octanol–water partition coefficient (Wildman–Crippen LogP) is 5.33. The second kappa shape index (κ2) is 8.06. The van der Waals surface area contributed by atoms with Crippen molar-refractivity contribution in [1.29, 1.82) is 0 Å². The summed E-state index contributed by atoms with van der Waals surface area (Å²) in [5, 5.41) is 3.26. The number of benzene rings is 2. The first kappa shape index (κ1) is 18.0. The third kappa shape index (κ3) is 4.64. The molecule has 0 spiro atoms. The van der Waals surface area contributed by atoms with E-state index in [4.69, 9.17) is 11.6 Å². The fraction of sp³-hybridized carbons (Fsp3) is 0.278. The number of carbonyl (C=O) groups is 1. The molecule has 7 heteroatoms. The summed E-state index contributed by atoms with van der Waals surface area (Å²) in [6.07, 6.45) is 0.569. The van der Waals surface area contributed by atoms with Crippen molar-refractivity contribution >= 4 is 35.1 Å². The fourth-order valence-corrected chi connectivity index (χ4v) is 4.09. The zero-order valence-corrected chi connectivity index (χ0v) is 14.9. The summed E-state index contributed by atoms with van der Waals surface area (Å²) in [6.45, 7) is 1.03. The molecule has 0 aromatic heterocycles. The summed E-state index contributed by atoms with van der Waals surface area (Å²) in [5.41, 5.74) is 1.03. The first-order valence-corrected chi connectivity index (χ1v) is 9.33. The number of nitrogens with one attached hydrogen (secondary N) is 1. The number of nitrogens with zero attached hydrogens (tertiary/aromatic N) is 1. The van der Waals surface area contributed by atoms with Crippen LogP contribution in [0.5, 0.6) is 0 Å². The van der Waals surface area contributed by atoms with Gasteiger partial charge in [-0.1, -0.05) is 11.6 Å². The molecule has 1 heterocycles. The van der Waals surface area contributed by atoms with Crippen molar-refractivity contribution in [2.75, 3.05) is 24.2 Å². The lowest BCUT2D eigenvalue weighted by Crippen LogP contribution is -2.36. The van der Waals surface area contributed by atoms with E-state index in [1.54, 1.807) is 40.9 Å². The fourth-order valence-electron chi connectivity index (χ4n) is 2.72. The molecule has 132 valence electrons. The highest BCUT2D eigenvalue weighted by atomic mass is 35.5. The summed E-state index contributed by atoms with van der Waals surface area (Å²) in [6, 6.07) is 10.2. The zero-order chi connectivity index (χ0) is 17.8. The molecule has 1 saturated heterocycles. The Morgan fingerprint density at radius 2 is 1.92 bits per heavy atom. The molecular weight excluding hydrogens is 366 g/mol. The minimum absolute atomic E-state index is 0.163. The van der Waals surface area contributed by atoms with Gasteiger partial charge in [-0.05, 0) is 48.9 Å². The molecule has 2 amide bonds. The Balaban J connectivity index is 1.63. The number of anilines is 1. The van der Waals surface area contributed by atoms with Crippen molar-refractivity contribution in [3.05, 3.63) is 64.7 Å². The van der Waals surface area contributed by atoms with Gasteiger partial charge in [-0.3, -0.25) is 0 Å². The van der Waals surface area contributed by atoms with Crippen LogP contribution in [0, 0.1) is 11.6 Å². The van der Waals surface area contributed by atoms with Gasteiger partial charge in [-0.25, -0.2) is 13.6 Å². The quantitative estimate of drug-likeness (QED) is 0.761. The summed E-state index contributed by atoms with van der Waals surface area (Å²) in [4.78, 5) is 14.1. The molecule has 0 bridgehead atoms. The van der Waals surface area contributed by atoms with Crippen LogP contribution in [0.3, 0.4) is 0 Å². The van der Waals surface area contributed by atoms with Crippen LogP contribution in [0.15, 0.2) is 42.5 Å². The Hall–Kier alpha value is -1.79. The minimum atomic E-state index is -0.446. The number of halogens is 3. The van der Waals surface area contributed by atoms with Crippen molar-refractivity contribution in [2.24, 2.45) is 0 Å². The van der Waals surface area contributed by atoms with Crippen LogP contribution in [0.4, 0.5) is 19.3 Å². The summed E-state index contributed by atoms with van der Waals surface area (Å²) in [7, 11) is 0. The molecule has 0 radical (unpaired) electrons. The zero-order valence-electron chi connectivity index (χ0n) is 13.3. The largest absolute Gasteiger partial charge is 0.324 e. The van der Waals surface area contributed by atoms with E-state index >= 15 is 0 Å². The number of hydrogen-bond acceptors (Lipinski definition) is 2.